The van der Waals surface area contributed by atoms with Crippen LogP contribution in [0.3, 0.4) is 0 Å². The summed E-state index contributed by atoms with van der Waals surface area (Å²) in [4.78, 5) is 0. The molecule has 0 saturated heterocycles. The van der Waals surface area contributed by atoms with E-state index in [-0.39, 0.29) is 5.41 Å². The SMILES string of the molecule is CCCCOc1ccc([C@]2(C#N)CC[C@H](CCC)CC2)cc1. The maximum atomic E-state index is 9.77. The molecule has 0 amide bonds. The monoisotopic (exact) mass is 299 g/mol. The Balaban J connectivity index is 2.01. The van der Waals surface area contributed by atoms with E-state index < -0.39 is 0 Å². The summed E-state index contributed by atoms with van der Waals surface area (Å²) in [5.41, 5.74) is 0.902. The number of ether oxygens (including phenoxy) is 1. The van der Waals surface area contributed by atoms with Crippen LogP contribution in [0.1, 0.15) is 70.8 Å². The Morgan fingerprint density at radius 3 is 2.36 bits per heavy atom. The van der Waals surface area contributed by atoms with Gasteiger partial charge >= 0.3 is 0 Å². The van der Waals surface area contributed by atoms with Crippen LogP contribution in [0.25, 0.3) is 0 Å². The molecule has 2 heteroatoms. The van der Waals surface area contributed by atoms with Crippen molar-refractivity contribution in [2.75, 3.05) is 6.61 Å². The van der Waals surface area contributed by atoms with Crippen molar-refractivity contribution < 1.29 is 4.74 Å². The minimum atomic E-state index is -0.272. The molecule has 0 spiro atoms. The lowest BCUT2D eigenvalue weighted by molar-refractivity contribution is 0.265. The van der Waals surface area contributed by atoms with Gasteiger partial charge in [-0.1, -0.05) is 45.2 Å². The number of hydrogen-bond acceptors (Lipinski definition) is 2. The van der Waals surface area contributed by atoms with Crippen molar-refractivity contribution >= 4 is 0 Å². The second-order valence-corrected chi connectivity index (χ2v) is 6.65. The summed E-state index contributed by atoms with van der Waals surface area (Å²) in [5.74, 6) is 1.74. The number of nitrogens with zero attached hydrogens (tertiary/aromatic N) is 1. The molecule has 1 fully saturated rings. The summed E-state index contributed by atoms with van der Waals surface area (Å²) in [6, 6.07) is 10.9. The van der Waals surface area contributed by atoms with E-state index in [0.29, 0.717) is 0 Å². The van der Waals surface area contributed by atoms with Crippen LogP contribution in [0.15, 0.2) is 24.3 Å². The lowest BCUT2D eigenvalue weighted by Gasteiger charge is -2.35. The van der Waals surface area contributed by atoms with Crippen LogP contribution in [0.2, 0.25) is 0 Å². The Bertz CT molecular complexity index is 477. The minimum Gasteiger partial charge on any atom is -0.494 e. The van der Waals surface area contributed by atoms with E-state index in [0.717, 1.165) is 44.0 Å². The third-order valence-corrected chi connectivity index (χ3v) is 5.04. The Labute approximate surface area is 135 Å². The molecule has 0 aliphatic heterocycles. The highest BCUT2D eigenvalue weighted by atomic mass is 16.5. The lowest BCUT2D eigenvalue weighted by atomic mass is 9.67. The third kappa shape index (κ3) is 4.03. The molecule has 2 nitrogen and oxygen atoms in total. The first kappa shape index (κ1) is 16.9. The Kier molecular flexibility index (Phi) is 6.31. The van der Waals surface area contributed by atoms with E-state index in [1.165, 1.54) is 31.2 Å². The lowest BCUT2D eigenvalue weighted by Crippen LogP contribution is -2.30. The second-order valence-electron chi connectivity index (χ2n) is 6.65. The van der Waals surface area contributed by atoms with E-state index >= 15 is 0 Å². The summed E-state index contributed by atoms with van der Waals surface area (Å²) in [6.07, 6.45) is 9.19. The molecular weight excluding hydrogens is 270 g/mol. The van der Waals surface area contributed by atoms with Crippen molar-refractivity contribution in [3.8, 4) is 11.8 Å². The van der Waals surface area contributed by atoms with Crippen molar-refractivity contribution in [1.82, 2.24) is 0 Å². The van der Waals surface area contributed by atoms with E-state index in [4.69, 9.17) is 4.74 Å². The molecule has 0 heterocycles. The molecule has 1 aliphatic carbocycles. The molecular formula is C20H29NO. The molecule has 0 radical (unpaired) electrons. The molecule has 120 valence electrons. The van der Waals surface area contributed by atoms with Crippen molar-refractivity contribution in [2.24, 2.45) is 5.92 Å². The summed E-state index contributed by atoms with van der Waals surface area (Å²) < 4.78 is 5.72. The molecule has 22 heavy (non-hydrogen) atoms. The van der Waals surface area contributed by atoms with Crippen LogP contribution in [-0.2, 0) is 5.41 Å². The first-order chi connectivity index (χ1) is 10.7. The number of unbranched alkanes of at least 4 members (excludes halogenated alkanes) is 1. The van der Waals surface area contributed by atoms with Crippen LogP contribution in [0, 0.1) is 17.2 Å². The van der Waals surface area contributed by atoms with Crippen LogP contribution in [0.4, 0.5) is 0 Å². The first-order valence-corrected chi connectivity index (χ1v) is 8.88. The van der Waals surface area contributed by atoms with Gasteiger partial charge in [0.15, 0.2) is 0 Å². The molecule has 1 aromatic carbocycles. The molecule has 2 rings (SSSR count). The minimum absolute atomic E-state index is 0.272. The van der Waals surface area contributed by atoms with Gasteiger partial charge in [-0.2, -0.15) is 5.26 Å². The summed E-state index contributed by atoms with van der Waals surface area (Å²) in [7, 11) is 0. The zero-order chi connectivity index (χ0) is 15.8. The van der Waals surface area contributed by atoms with Gasteiger partial charge in [0.1, 0.15) is 5.75 Å². The normalized spacial score (nSPS) is 24.7. The average molecular weight is 299 g/mol. The van der Waals surface area contributed by atoms with Gasteiger partial charge in [0.25, 0.3) is 0 Å². The summed E-state index contributed by atoms with van der Waals surface area (Å²) in [6.45, 7) is 5.19. The highest BCUT2D eigenvalue weighted by molar-refractivity contribution is 5.37. The topological polar surface area (TPSA) is 33.0 Å². The third-order valence-electron chi connectivity index (χ3n) is 5.04. The summed E-state index contributed by atoms with van der Waals surface area (Å²) in [5, 5.41) is 9.77. The molecule has 0 unspecified atom stereocenters. The molecule has 0 N–H and O–H groups in total. The maximum Gasteiger partial charge on any atom is 0.119 e. The molecule has 1 aromatic rings. The molecule has 0 aromatic heterocycles. The molecule has 0 bridgehead atoms. The standard InChI is InChI=1S/C20H29NO/c1-3-5-15-22-19-9-7-18(8-10-19)20(16-21)13-11-17(6-4-2)12-14-20/h7-10,17H,3-6,11-15H2,1-2H3/t17-,20+. The van der Waals surface area contributed by atoms with Crippen molar-refractivity contribution in [3.05, 3.63) is 29.8 Å². The molecule has 0 atom stereocenters. The van der Waals surface area contributed by atoms with Crippen LogP contribution < -0.4 is 4.74 Å². The van der Waals surface area contributed by atoms with Gasteiger partial charge in [-0.3, -0.25) is 0 Å². The van der Waals surface area contributed by atoms with E-state index in [9.17, 15) is 5.26 Å². The predicted octanol–water partition coefficient (Wildman–Crippen LogP) is 5.62. The number of hydrogen-bond donors (Lipinski definition) is 0. The van der Waals surface area contributed by atoms with Crippen molar-refractivity contribution in [3.63, 3.8) is 0 Å². The Hall–Kier alpha value is -1.49. The van der Waals surface area contributed by atoms with Crippen LogP contribution in [-0.4, -0.2) is 6.61 Å². The van der Waals surface area contributed by atoms with E-state index in [1.54, 1.807) is 0 Å². The first-order valence-electron chi connectivity index (χ1n) is 8.88. The Morgan fingerprint density at radius 2 is 1.82 bits per heavy atom. The van der Waals surface area contributed by atoms with Crippen molar-refractivity contribution in [1.29, 1.82) is 5.26 Å². The number of nitriles is 1. The number of rotatable bonds is 7. The smallest absolute Gasteiger partial charge is 0.119 e. The highest BCUT2D eigenvalue weighted by Crippen LogP contribution is 2.42. The fourth-order valence-corrected chi connectivity index (χ4v) is 3.54. The van der Waals surface area contributed by atoms with E-state index in [2.05, 4.69) is 32.0 Å². The van der Waals surface area contributed by atoms with Gasteiger partial charge in [-0.25, -0.2) is 0 Å². The van der Waals surface area contributed by atoms with Gasteiger partial charge in [0.05, 0.1) is 18.1 Å². The second kappa shape index (κ2) is 8.22. The molecule has 1 saturated carbocycles. The Morgan fingerprint density at radius 1 is 1.14 bits per heavy atom. The highest BCUT2D eigenvalue weighted by Gasteiger charge is 2.36. The summed E-state index contributed by atoms with van der Waals surface area (Å²) >= 11 is 0. The van der Waals surface area contributed by atoms with Crippen molar-refractivity contribution in [2.45, 2.75) is 70.6 Å². The average Bonchev–Trinajstić information content (AvgIpc) is 2.57. The number of benzene rings is 1. The quantitative estimate of drug-likeness (QED) is 0.612. The van der Waals surface area contributed by atoms with Crippen LogP contribution in [0.5, 0.6) is 5.75 Å². The zero-order valence-corrected chi connectivity index (χ0v) is 14.1. The van der Waals surface area contributed by atoms with Gasteiger partial charge < -0.3 is 4.74 Å². The predicted molar refractivity (Wildman–Crippen MR) is 91.0 cm³/mol. The van der Waals surface area contributed by atoms with Gasteiger partial charge in [0, 0.05) is 0 Å². The zero-order valence-electron chi connectivity index (χ0n) is 14.1. The van der Waals surface area contributed by atoms with Gasteiger partial charge in [-0.05, 0) is 55.7 Å². The molecule has 1 aliphatic rings. The van der Waals surface area contributed by atoms with Crippen LogP contribution >= 0.6 is 0 Å². The largest absolute Gasteiger partial charge is 0.494 e. The fourth-order valence-electron chi connectivity index (χ4n) is 3.54. The van der Waals surface area contributed by atoms with E-state index in [1.807, 2.05) is 12.1 Å². The fraction of sp³-hybridized carbons (Fsp3) is 0.650. The maximum absolute atomic E-state index is 9.77. The van der Waals surface area contributed by atoms with Gasteiger partial charge in [-0.15, -0.1) is 0 Å². The van der Waals surface area contributed by atoms with Gasteiger partial charge in [0.2, 0.25) is 0 Å².